The predicted octanol–water partition coefficient (Wildman–Crippen LogP) is 3.51. The molecule has 1 aromatic carbocycles. The van der Waals surface area contributed by atoms with E-state index in [2.05, 4.69) is 22.1 Å². The molecule has 0 aliphatic rings. The SMILES string of the molecule is Cc1cc(C)c(C(=Cc2c[nH]c3ncccc23)C(N)=O)c(C)c1. The van der Waals surface area contributed by atoms with E-state index in [9.17, 15) is 4.79 Å². The smallest absolute Gasteiger partial charge is 0.249 e. The molecule has 0 unspecified atom stereocenters. The van der Waals surface area contributed by atoms with E-state index in [1.807, 2.05) is 45.2 Å². The summed E-state index contributed by atoms with van der Waals surface area (Å²) >= 11 is 0. The number of rotatable bonds is 3. The van der Waals surface area contributed by atoms with Crippen molar-refractivity contribution in [1.82, 2.24) is 9.97 Å². The van der Waals surface area contributed by atoms with Gasteiger partial charge >= 0.3 is 0 Å². The molecule has 0 atom stereocenters. The molecule has 0 aliphatic carbocycles. The number of aryl methyl sites for hydroxylation is 3. The van der Waals surface area contributed by atoms with Crippen LogP contribution in [0.1, 0.15) is 27.8 Å². The van der Waals surface area contributed by atoms with Crippen LogP contribution in [0, 0.1) is 20.8 Å². The van der Waals surface area contributed by atoms with Gasteiger partial charge in [0.05, 0.1) is 0 Å². The van der Waals surface area contributed by atoms with Gasteiger partial charge in [-0.25, -0.2) is 4.98 Å². The molecule has 0 bridgehead atoms. The summed E-state index contributed by atoms with van der Waals surface area (Å²) in [6, 6.07) is 7.98. The average Bonchev–Trinajstić information content (AvgIpc) is 2.88. The summed E-state index contributed by atoms with van der Waals surface area (Å²) in [5.41, 5.74) is 12.1. The van der Waals surface area contributed by atoms with Gasteiger partial charge in [-0.05, 0) is 55.7 Å². The van der Waals surface area contributed by atoms with Crippen molar-refractivity contribution in [2.45, 2.75) is 20.8 Å². The minimum absolute atomic E-state index is 0.432. The Bertz CT molecular complexity index is 912. The number of nitrogens with one attached hydrogen (secondary N) is 1. The van der Waals surface area contributed by atoms with Crippen LogP contribution in [0.15, 0.2) is 36.7 Å². The van der Waals surface area contributed by atoms with Crippen molar-refractivity contribution in [3.8, 4) is 0 Å². The van der Waals surface area contributed by atoms with Crippen molar-refractivity contribution >= 4 is 28.6 Å². The number of hydrogen-bond donors (Lipinski definition) is 2. The summed E-state index contributed by atoms with van der Waals surface area (Å²) in [6.45, 7) is 6.05. The second-order valence-corrected chi connectivity index (χ2v) is 5.84. The van der Waals surface area contributed by atoms with E-state index in [0.717, 1.165) is 33.3 Å². The highest BCUT2D eigenvalue weighted by Crippen LogP contribution is 2.28. The lowest BCUT2D eigenvalue weighted by molar-refractivity contribution is -0.112. The molecule has 0 radical (unpaired) electrons. The zero-order valence-electron chi connectivity index (χ0n) is 13.5. The number of H-pyrrole nitrogens is 1. The van der Waals surface area contributed by atoms with Gasteiger partial charge in [0.25, 0.3) is 0 Å². The maximum atomic E-state index is 12.1. The van der Waals surface area contributed by atoms with Crippen molar-refractivity contribution in [1.29, 1.82) is 0 Å². The normalized spacial score (nSPS) is 11.9. The number of primary amides is 1. The second-order valence-electron chi connectivity index (χ2n) is 5.84. The first-order chi connectivity index (χ1) is 11.0. The van der Waals surface area contributed by atoms with Gasteiger partial charge in [-0.3, -0.25) is 4.79 Å². The van der Waals surface area contributed by atoms with Gasteiger partial charge in [0, 0.05) is 28.9 Å². The summed E-state index contributed by atoms with van der Waals surface area (Å²) < 4.78 is 0. The fourth-order valence-electron chi connectivity index (χ4n) is 3.12. The molecule has 3 N–H and O–H groups in total. The molecule has 0 saturated heterocycles. The van der Waals surface area contributed by atoms with Crippen LogP contribution in [-0.4, -0.2) is 15.9 Å². The largest absolute Gasteiger partial charge is 0.366 e. The first-order valence-electron chi connectivity index (χ1n) is 7.49. The molecule has 116 valence electrons. The van der Waals surface area contributed by atoms with E-state index >= 15 is 0 Å². The molecule has 3 aromatic rings. The molecule has 1 amide bonds. The van der Waals surface area contributed by atoms with Crippen LogP contribution in [0.25, 0.3) is 22.7 Å². The highest BCUT2D eigenvalue weighted by atomic mass is 16.1. The molecule has 0 fully saturated rings. The third-order valence-electron chi connectivity index (χ3n) is 3.99. The molecule has 0 saturated carbocycles. The van der Waals surface area contributed by atoms with E-state index in [1.165, 1.54) is 5.56 Å². The van der Waals surface area contributed by atoms with Gasteiger partial charge in [-0.15, -0.1) is 0 Å². The minimum atomic E-state index is -0.432. The lowest BCUT2D eigenvalue weighted by atomic mass is 9.92. The quantitative estimate of drug-likeness (QED) is 0.727. The maximum absolute atomic E-state index is 12.1. The Morgan fingerprint density at radius 3 is 2.57 bits per heavy atom. The van der Waals surface area contributed by atoms with E-state index in [0.29, 0.717) is 5.57 Å². The van der Waals surface area contributed by atoms with Crippen LogP contribution in [0.2, 0.25) is 0 Å². The van der Waals surface area contributed by atoms with Gasteiger partial charge < -0.3 is 10.7 Å². The average molecular weight is 305 g/mol. The number of aromatic nitrogens is 2. The number of aromatic amines is 1. The minimum Gasteiger partial charge on any atom is -0.366 e. The summed E-state index contributed by atoms with van der Waals surface area (Å²) in [5, 5.41) is 0.966. The van der Waals surface area contributed by atoms with Gasteiger partial charge in [-0.2, -0.15) is 0 Å². The fourth-order valence-corrected chi connectivity index (χ4v) is 3.12. The summed E-state index contributed by atoms with van der Waals surface area (Å²) in [7, 11) is 0. The Labute approximate surface area is 135 Å². The third-order valence-corrected chi connectivity index (χ3v) is 3.99. The molecule has 2 aromatic heterocycles. The fraction of sp³-hybridized carbons (Fsp3) is 0.158. The van der Waals surface area contributed by atoms with Crippen molar-refractivity contribution in [3.05, 3.63) is 64.5 Å². The molecular weight excluding hydrogens is 286 g/mol. The van der Waals surface area contributed by atoms with Crippen LogP contribution in [0.5, 0.6) is 0 Å². The number of carbonyl (C=O) groups excluding carboxylic acids is 1. The van der Waals surface area contributed by atoms with Crippen LogP contribution >= 0.6 is 0 Å². The van der Waals surface area contributed by atoms with E-state index in [-0.39, 0.29) is 0 Å². The first-order valence-corrected chi connectivity index (χ1v) is 7.49. The van der Waals surface area contributed by atoms with Crippen molar-refractivity contribution in [2.75, 3.05) is 0 Å². The monoisotopic (exact) mass is 305 g/mol. The van der Waals surface area contributed by atoms with E-state index in [1.54, 1.807) is 6.20 Å². The Hall–Kier alpha value is -2.88. The number of hydrogen-bond acceptors (Lipinski definition) is 2. The number of fused-ring (bicyclic) bond motifs is 1. The first kappa shape index (κ1) is 15.0. The van der Waals surface area contributed by atoms with Gasteiger partial charge in [0.15, 0.2) is 0 Å². The molecule has 4 nitrogen and oxygen atoms in total. The second kappa shape index (κ2) is 5.72. The Morgan fingerprint density at radius 1 is 1.22 bits per heavy atom. The van der Waals surface area contributed by atoms with Crippen LogP contribution in [0.3, 0.4) is 0 Å². The van der Waals surface area contributed by atoms with Gasteiger partial charge in [-0.1, -0.05) is 17.7 Å². The molecule has 2 heterocycles. The lowest BCUT2D eigenvalue weighted by Crippen LogP contribution is -2.14. The molecule has 23 heavy (non-hydrogen) atoms. The number of nitrogens with zero attached hydrogens (tertiary/aromatic N) is 1. The number of benzene rings is 1. The van der Waals surface area contributed by atoms with E-state index < -0.39 is 5.91 Å². The van der Waals surface area contributed by atoms with E-state index in [4.69, 9.17) is 5.73 Å². The highest BCUT2D eigenvalue weighted by Gasteiger charge is 2.15. The Morgan fingerprint density at radius 2 is 1.91 bits per heavy atom. The maximum Gasteiger partial charge on any atom is 0.249 e. The highest BCUT2D eigenvalue weighted by molar-refractivity contribution is 6.25. The number of carbonyl (C=O) groups is 1. The molecule has 0 spiro atoms. The molecular formula is C19H19N3O. The van der Waals surface area contributed by atoms with Crippen molar-refractivity contribution in [3.63, 3.8) is 0 Å². The molecule has 3 rings (SSSR count). The third kappa shape index (κ3) is 2.75. The van der Waals surface area contributed by atoms with Crippen LogP contribution in [-0.2, 0) is 4.79 Å². The van der Waals surface area contributed by atoms with Crippen molar-refractivity contribution < 1.29 is 4.79 Å². The standard InChI is InChI=1S/C19H19N3O/c1-11-7-12(2)17(13(3)8-11)16(18(20)23)9-14-10-22-19-15(14)5-4-6-21-19/h4-10H,1-3H3,(H2,20,23)(H,21,22). The number of nitrogens with two attached hydrogens (primary N) is 1. The van der Waals surface area contributed by atoms with Gasteiger partial charge in [0.2, 0.25) is 5.91 Å². The zero-order valence-corrected chi connectivity index (χ0v) is 13.5. The molecule has 4 heteroatoms. The number of amides is 1. The zero-order chi connectivity index (χ0) is 16.6. The predicted molar refractivity (Wildman–Crippen MR) is 93.8 cm³/mol. The number of pyridine rings is 1. The summed E-state index contributed by atoms with van der Waals surface area (Å²) in [6.07, 6.45) is 5.42. The summed E-state index contributed by atoms with van der Waals surface area (Å²) in [5.74, 6) is -0.432. The Balaban J connectivity index is 2.22. The van der Waals surface area contributed by atoms with Crippen molar-refractivity contribution in [2.24, 2.45) is 5.73 Å². The summed E-state index contributed by atoms with van der Waals surface area (Å²) in [4.78, 5) is 19.5. The lowest BCUT2D eigenvalue weighted by Gasteiger charge is -2.13. The van der Waals surface area contributed by atoms with Crippen LogP contribution < -0.4 is 5.73 Å². The Kier molecular flexibility index (Phi) is 3.74. The van der Waals surface area contributed by atoms with Gasteiger partial charge in [0.1, 0.15) is 5.65 Å². The van der Waals surface area contributed by atoms with Crippen LogP contribution in [0.4, 0.5) is 0 Å². The topological polar surface area (TPSA) is 71.8 Å². The molecule has 0 aliphatic heterocycles.